The number of nitrogens with one attached hydrogen (secondary N) is 1. The summed E-state index contributed by atoms with van der Waals surface area (Å²) in [5.41, 5.74) is 0. The van der Waals surface area contributed by atoms with Crippen molar-refractivity contribution in [2.45, 2.75) is 39.0 Å². The third-order valence-corrected chi connectivity index (χ3v) is 6.26. The number of pyridine rings is 1. The van der Waals surface area contributed by atoms with Gasteiger partial charge in [0.05, 0.1) is 5.39 Å². The van der Waals surface area contributed by atoms with Crippen LogP contribution in [-0.4, -0.2) is 39.5 Å². The Hall–Kier alpha value is -2.03. The first-order valence-corrected chi connectivity index (χ1v) is 10.2. The lowest BCUT2D eigenvalue weighted by atomic mass is 10.2. The first-order valence-electron chi connectivity index (χ1n) is 8.53. The van der Waals surface area contributed by atoms with Gasteiger partial charge in [-0.1, -0.05) is 0 Å². The van der Waals surface area contributed by atoms with Crippen LogP contribution in [0.1, 0.15) is 25.1 Å². The number of nitrogens with zero attached hydrogens (tertiary/aromatic N) is 3. The van der Waals surface area contributed by atoms with E-state index in [1.807, 2.05) is 18.5 Å². The lowest BCUT2D eigenvalue weighted by molar-refractivity contribution is -0.114. The minimum atomic E-state index is -0.0935. The van der Waals surface area contributed by atoms with Gasteiger partial charge in [-0.2, -0.15) is 0 Å². The molecule has 1 fully saturated rings. The second-order valence-corrected chi connectivity index (χ2v) is 8.58. The molecule has 2 atom stereocenters. The molecule has 0 bridgehead atoms. The predicted molar refractivity (Wildman–Crippen MR) is 105 cm³/mol. The molecule has 3 aromatic rings. The number of thiazole rings is 1. The van der Waals surface area contributed by atoms with Crippen molar-refractivity contribution in [2.75, 3.05) is 11.9 Å². The van der Waals surface area contributed by atoms with Crippen LogP contribution in [0, 0.1) is 0 Å². The molecule has 3 aromatic heterocycles. The van der Waals surface area contributed by atoms with E-state index in [9.17, 15) is 4.79 Å². The molecule has 1 aliphatic rings. The normalized spacial score (nSPS) is 20.5. The molecule has 26 heavy (non-hydrogen) atoms. The number of hydrogen-bond acceptors (Lipinski definition) is 7. The Balaban J connectivity index is 1.40. The topological polar surface area (TPSA) is 67.4 Å². The molecule has 6 nitrogen and oxygen atoms in total. The van der Waals surface area contributed by atoms with Gasteiger partial charge in [-0.3, -0.25) is 9.69 Å². The number of carbonyl (C=O) groups excluding carboxylic acids is 1. The minimum absolute atomic E-state index is 0.0935. The van der Waals surface area contributed by atoms with Gasteiger partial charge in [-0.25, -0.2) is 9.97 Å². The molecule has 2 unspecified atom stereocenters. The Labute approximate surface area is 159 Å². The number of hydrogen-bond donors (Lipinski definition) is 1. The van der Waals surface area contributed by atoms with Gasteiger partial charge in [0.15, 0.2) is 5.13 Å². The monoisotopic (exact) mass is 388 g/mol. The maximum Gasteiger partial charge on any atom is 0.223 e. The van der Waals surface area contributed by atoms with E-state index in [4.69, 9.17) is 4.74 Å². The summed E-state index contributed by atoms with van der Waals surface area (Å²) in [7, 11) is 0. The summed E-state index contributed by atoms with van der Waals surface area (Å²) in [5.74, 6) is 0.637. The smallest absolute Gasteiger partial charge is 0.223 e. The van der Waals surface area contributed by atoms with Crippen molar-refractivity contribution in [2.24, 2.45) is 0 Å². The minimum Gasteiger partial charge on any atom is -0.472 e. The average molecular weight is 389 g/mol. The van der Waals surface area contributed by atoms with Gasteiger partial charge in [-0.05, 0) is 24.4 Å². The highest BCUT2D eigenvalue weighted by molar-refractivity contribution is 7.17. The molecule has 136 valence electrons. The molecule has 8 heteroatoms. The van der Waals surface area contributed by atoms with Crippen LogP contribution in [0.3, 0.4) is 0 Å². The van der Waals surface area contributed by atoms with E-state index < -0.39 is 0 Å². The van der Waals surface area contributed by atoms with Crippen molar-refractivity contribution < 1.29 is 9.53 Å². The zero-order valence-corrected chi connectivity index (χ0v) is 16.3. The highest BCUT2D eigenvalue weighted by atomic mass is 32.1. The second-order valence-electron chi connectivity index (χ2n) is 6.52. The number of likely N-dealkylation sites (tertiary alicyclic amines) is 1. The zero-order chi connectivity index (χ0) is 18.1. The van der Waals surface area contributed by atoms with Crippen LogP contribution >= 0.6 is 22.7 Å². The molecule has 4 heterocycles. The van der Waals surface area contributed by atoms with Crippen molar-refractivity contribution in [3.63, 3.8) is 0 Å². The highest BCUT2D eigenvalue weighted by Gasteiger charge is 2.31. The highest BCUT2D eigenvalue weighted by Crippen LogP contribution is 2.31. The van der Waals surface area contributed by atoms with Gasteiger partial charge in [0.25, 0.3) is 0 Å². The fourth-order valence-corrected chi connectivity index (χ4v) is 4.92. The fraction of sp³-hybridized carbons (Fsp3) is 0.389. The van der Waals surface area contributed by atoms with E-state index in [0.717, 1.165) is 35.7 Å². The number of ether oxygens (including phenoxy) is 1. The Morgan fingerprint density at radius 3 is 3.15 bits per heavy atom. The SMILES string of the molecule is CC(=O)Nc1ncc(CN2CC(Oc3nccc4sccc34)CC2C)s1. The van der Waals surface area contributed by atoms with Gasteiger partial charge in [0.2, 0.25) is 11.8 Å². The van der Waals surface area contributed by atoms with Crippen molar-refractivity contribution in [1.29, 1.82) is 0 Å². The Morgan fingerprint density at radius 1 is 1.42 bits per heavy atom. The van der Waals surface area contributed by atoms with E-state index in [2.05, 4.69) is 38.6 Å². The molecule has 0 saturated carbocycles. The van der Waals surface area contributed by atoms with Gasteiger partial charge in [0, 0.05) is 54.4 Å². The average Bonchev–Trinajstić information content (AvgIpc) is 3.29. The number of rotatable bonds is 5. The van der Waals surface area contributed by atoms with E-state index in [-0.39, 0.29) is 12.0 Å². The Kier molecular flexibility index (Phi) is 4.88. The summed E-state index contributed by atoms with van der Waals surface area (Å²) in [6, 6.07) is 4.51. The van der Waals surface area contributed by atoms with Crippen molar-refractivity contribution in [3.05, 3.63) is 34.8 Å². The molecular formula is C18H20N4O2S2. The zero-order valence-electron chi connectivity index (χ0n) is 14.6. The number of anilines is 1. The second kappa shape index (κ2) is 7.30. The maximum atomic E-state index is 11.1. The van der Waals surface area contributed by atoms with Crippen LogP contribution in [0.2, 0.25) is 0 Å². The number of amides is 1. The molecule has 0 radical (unpaired) electrons. The summed E-state index contributed by atoms with van der Waals surface area (Å²) in [5, 5.41) is 6.55. The maximum absolute atomic E-state index is 11.1. The van der Waals surface area contributed by atoms with Crippen LogP contribution < -0.4 is 10.1 Å². The third-order valence-electron chi connectivity index (χ3n) is 4.48. The first kappa shape index (κ1) is 17.4. The van der Waals surface area contributed by atoms with Gasteiger partial charge in [0.1, 0.15) is 6.10 Å². The Morgan fingerprint density at radius 2 is 2.31 bits per heavy atom. The molecular weight excluding hydrogens is 368 g/mol. The summed E-state index contributed by atoms with van der Waals surface area (Å²) >= 11 is 3.22. The van der Waals surface area contributed by atoms with Crippen LogP contribution in [0.15, 0.2) is 29.9 Å². The van der Waals surface area contributed by atoms with E-state index in [1.165, 1.54) is 23.0 Å². The molecule has 0 aliphatic carbocycles. The molecule has 0 spiro atoms. The number of carbonyl (C=O) groups is 1. The van der Waals surface area contributed by atoms with Crippen LogP contribution in [0.25, 0.3) is 10.1 Å². The first-order chi connectivity index (χ1) is 12.6. The number of thiophene rings is 1. The molecule has 0 aromatic carbocycles. The molecule has 4 rings (SSSR count). The van der Waals surface area contributed by atoms with E-state index >= 15 is 0 Å². The standard InChI is InChI=1S/C18H20N4O2S2/c1-11-7-13(24-17-15-4-6-25-16(15)3-5-19-17)9-22(11)10-14-8-20-18(26-14)21-12(2)23/h3-6,8,11,13H,7,9-10H2,1-2H3,(H,20,21,23). The van der Waals surface area contributed by atoms with Gasteiger partial charge >= 0.3 is 0 Å². The third kappa shape index (κ3) is 3.72. The quantitative estimate of drug-likeness (QED) is 0.721. The lowest BCUT2D eigenvalue weighted by Crippen LogP contribution is -2.27. The fourth-order valence-electron chi connectivity index (χ4n) is 3.26. The van der Waals surface area contributed by atoms with Crippen molar-refractivity contribution >= 4 is 43.8 Å². The molecule has 1 amide bonds. The van der Waals surface area contributed by atoms with Crippen LogP contribution in [-0.2, 0) is 11.3 Å². The van der Waals surface area contributed by atoms with Crippen molar-refractivity contribution in [1.82, 2.24) is 14.9 Å². The van der Waals surface area contributed by atoms with E-state index in [1.54, 1.807) is 11.3 Å². The number of fused-ring (bicyclic) bond motifs is 1. The van der Waals surface area contributed by atoms with Gasteiger partial charge < -0.3 is 10.1 Å². The summed E-state index contributed by atoms with van der Waals surface area (Å²) < 4.78 is 7.43. The van der Waals surface area contributed by atoms with Crippen molar-refractivity contribution in [3.8, 4) is 5.88 Å². The van der Waals surface area contributed by atoms with Gasteiger partial charge in [-0.15, -0.1) is 22.7 Å². The Bertz CT molecular complexity index is 923. The molecule has 1 N–H and O–H groups in total. The summed E-state index contributed by atoms with van der Waals surface area (Å²) in [6.45, 7) is 5.39. The largest absolute Gasteiger partial charge is 0.472 e. The number of aromatic nitrogens is 2. The van der Waals surface area contributed by atoms with Crippen LogP contribution in [0.4, 0.5) is 5.13 Å². The molecule has 1 aliphatic heterocycles. The lowest BCUT2D eigenvalue weighted by Gasteiger charge is -2.19. The predicted octanol–water partition coefficient (Wildman–Crippen LogP) is 3.75. The summed E-state index contributed by atoms with van der Waals surface area (Å²) in [6.07, 6.45) is 4.75. The molecule has 1 saturated heterocycles. The summed E-state index contributed by atoms with van der Waals surface area (Å²) in [4.78, 5) is 23.3. The van der Waals surface area contributed by atoms with E-state index in [0.29, 0.717) is 11.2 Å². The van der Waals surface area contributed by atoms with Crippen LogP contribution in [0.5, 0.6) is 5.88 Å².